The Bertz CT molecular complexity index is 440. The summed E-state index contributed by atoms with van der Waals surface area (Å²) in [5.74, 6) is 0.611. The van der Waals surface area contributed by atoms with Gasteiger partial charge in [-0.1, -0.05) is 18.7 Å². The number of tetrazole rings is 1. The number of hydrogen-bond acceptors (Lipinski definition) is 5. The fraction of sp³-hybridized carbons (Fsp3) is 0.846. The first kappa shape index (κ1) is 15.3. The Kier molecular flexibility index (Phi) is 5.39. The van der Waals surface area contributed by atoms with Crippen LogP contribution in [0.5, 0.6) is 0 Å². The minimum absolute atomic E-state index is 0.195. The van der Waals surface area contributed by atoms with Crippen molar-refractivity contribution in [3.63, 3.8) is 0 Å². The molecule has 2 atom stereocenters. The summed E-state index contributed by atoms with van der Waals surface area (Å²) in [6, 6.07) is 0.692. The van der Waals surface area contributed by atoms with Gasteiger partial charge >= 0.3 is 0 Å². The van der Waals surface area contributed by atoms with E-state index in [-0.39, 0.29) is 5.91 Å². The van der Waals surface area contributed by atoms with E-state index < -0.39 is 0 Å². The van der Waals surface area contributed by atoms with Crippen molar-refractivity contribution in [1.29, 1.82) is 0 Å². The fourth-order valence-corrected chi connectivity index (χ4v) is 3.54. The molecule has 1 aliphatic rings. The largest absolute Gasteiger partial charge is 0.337 e. The summed E-state index contributed by atoms with van der Waals surface area (Å²) in [6.45, 7) is 7.15. The number of carbonyl (C=O) groups is 1. The van der Waals surface area contributed by atoms with Gasteiger partial charge in [-0.3, -0.25) is 4.79 Å². The molecule has 1 saturated heterocycles. The molecule has 1 fully saturated rings. The van der Waals surface area contributed by atoms with Crippen LogP contribution in [-0.2, 0) is 11.3 Å². The number of carbonyl (C=O) groups excluding carboxylic acids is 1. The average molecular weight is 297 g/mol. The van der Waals surface area contributed by atoms with Gasteiger partial charge in [-0.2, -0.15) is 0 Å². The predicted octanol–water partition coefficient (Wildman–Crippen LogP) is 1.96. The molecular formula is C13H23N5OS. The molecule has 112 valence electrons. The molecule has 2 heterocycles. The summed E-state index contributed by atoms with van der Waals surface area (Å²) < 4.78 is 1.76. The number of piperidine rings is 1. The normalized spacial score (nSPS) is 23.1. The van der Waals surface area contributed by atoms with Gasteiger partial charge in [-0.25, -0.2) is 4.68 Å². The van der Waals surface area contributed by atoms with E-state index in [4.69, 9.17) is 0 Å². The highest BCUT2D eigenvalue weighted by Crippen LogP contribution is 2.24. The van der Waals surface area contributed by atoms with Crippen molar-refractivity contribution in [1.82, 2.24) is 25.1 Å². The minimum Gasteiger partial charge on any atom is -0.337 e. The molecule has 0 radical (unpaired) electrons. The van der Waals surface area contributed by atoms with Crippen LogP contribution in [0.1, 0.15) is 46.5 Å². The van der Waals surface area contributed by atoms with Crippen LogP contribution >= 0.6 is 11.8 Å². The lowest BCUT2D eigenvalue weighted by Crippen LogP contribution is -2.48. The van der Waals surface area contributed by atoms with E-state index in [1.165, 1.54) is 18.2 Å². The number of aryl methyl sites for hydroxylation is 1. The Morgan fingerprint density at radius 3 is 2.70 bits per heavy atom. The van der Waals surface area contributed by atoms with Crippen molar-refractivity contribution in [2.24, 2.45) is 0 Å². The van der Waals surface area contributed by atoms with Gasteiger partial charge in [0.25, 0.3) is 0 Å². The van der Waals surface area contributed by atoms with Crippen molar-refractivity contribution in [2.45, 2.75) is 70.2 Å². The van der Waals surface area contributed by atoms with E-state index >= 15 is 0 Å². The highest BCUT2D eigenvalue weighted by atomic mass is 32.2. The molecule has 2 rings (SSSR count). The number of nitrogens with zero attached hydrogens (tertiary/aromatic N) is 5. The third-order valence-corrected chi connectivity index (χ3v) is 4.68. The summed E-state index contributed by atoms with van der Waals surface area (Å²) in [7, 11) is 0. The van der Waals surface area contributed by atoms with Crippen LogP contribution in [0.3, 0.4) is 0 Å². The first-order chi connectivity index (χ1) is 9.63. The number of amides is 1. The number of aromatic nitrogens is 4. The zero-order valence-electron chi connectivity index (χ0n) is 12.4. The maximum Gasteiger partial charge on any atom is 0.233 e. The van der Waals surface area contributed by atoms with Gasteiger partial charge in [-0.15, -0.1) is 5.10 Å². The molecule has 20 heavy (non-hydrogen) atoms. The van der Waals surface area contributed by atoms with Gasteiger partial charge in [0.15, 0.2) is 0 Å². The van der Waals surface area contributed by atoms with Crippen molar-refractivity contribution < 1.29 is 4.79 Å². The van der Waals surface area contributed by atoms with Gasteiger partial charge in [0.1, 0.15) is 0 Å². The summed E-state index contributed by atoms with van der Waals surface area (Å²) in [6.07, 6.45) is 4.41. The van der Waals surface area contributed by atoms with E-state index in [0.29, 0.717) is 17.8 Å². The Labute approximate surface area is 124 Å². The van der Waals surface area contributed by atoms with Crippen LogP contribution in [0.25, 0.3) is 0 Å². The Morgan fingerprint density at radius 2 is 2.05 bits per heavy atom. The monoisotopic (exact) mass is 297 g/mol. The topological polar surface area (TPSA) is 63.9 Å². The lowest BCUT2D eigenvalue weighted by atomic mass is 9.98. The van der Waals surface area contributed by atoms with Crippen LogP contribution in [0.2, 0.25) is 0 Å². The molecule has 0 saturated carbocycles. The highest BCUT2D eigenvalue weighted by molar-refractivity contribution is 7.99. The van der Waals surface area contributed by atoms with E-state index in [1.807, 2.05) is 4.90 Å². The minimum atomic E-state index is 0.195. The lowest BCUT2D eigenvalue weighted by Gasteiger charge is -2.39. The smallest absolute Gasteiger partial charge is 0.233 e. The standard InChI is InChI=1S/C13H23N5OS/c1-4-8-17-13(14-15-16-17)20-9-12(19)18-10(2)6-5-7-11(18)3/h10-11H,4-9H2,1-3H3/t10-,11-/m0/s1. The second-order valence-corrected chi connectivity index (χ2v) is 6.35. The third kappa shape index (κ3) is 3.50. The molecule has 0 bridgehead atoms. The maximum absolute atomic E-state index is 12.4. The van der Waals surface area contributed by atoms with E-state index in [0.717, 1.165) is 31.0 Å². The third-order valence-electron chi connectivity index (χ3n) is 3.74. The number of hydrogen-bond donors (Lipinski definition) is 0. The lowest BCUT2D eigenvalue weighted by molar-refractivity contribution is -0.134. The van der Waals surface area contributed by atoms with Crippen molar-refractivity contribution in [2.75, 3.05) is 5.75 Å². The Balaban J connectivity index is 1.92. The molecule has 1 aliphatic heterocycles. The predicted molar refractivity (Wildman–Crippen MR) is 78.5 cm³/mol. The second-order valence-electron chi connectivity index (χ2n) is 5.40. The van der Waals surface area contributed by atoms with E-state index in [9.17, 15) is 4.79 Å². The molecule has 0 N–H and O–H groups in total. The average Bonchev–Trinajstić information content (AvgIpc) is 2.84. The Morgan fingerprint density at radius 1 is 1.35 bits per heavy atom. The first-order valence-corrected chi connectivity index (χ1v) is 8.32. The van der Waals surface area contributed by atoms with Crippen LogP contribution in [0.4, 0.5) is 0 Å². The van der Waals surface area contributed by atoms with Crippen LogP contribution < -0.4 is 0 Å². The van der Waals surface area contributed by atoms with Gasteiger partial charge in [0.05, 0.1) is 5.75 Å². The zero-order chi connectivity index (χ0) is 14.5. The summed E-state index contributed by atoms with van der Waals surface area (Å²) in [5, 5.41) is 12.3. The van der Waals surface area contributed by atoms with Crippen molar-refractivity contribution >= 4 is 17.7 Å². The SMILES string of the molecule is CCCn1nnnc1SCC(=O)N1[C@@H](C)CCC[C@@H]1C. The number of thioether (sulfide) groups is 1. The summed E-state index contributed by atoms with van der Waals surface area (Å²) in [4.78, 5) is 14.4. The van der Waals surface area contributed by atoms with E-state index in [2.05, 4.69) is 36.3 Å². The fourth-order valence-electron chi connectivity index (χ4n) is 2.77. The van der Waals surface area contributed by atoms with Gasteiger partial charge in [0, 0.05) is 18.6 Å². The molecular weight excluding hydrogens is 274 g/mol. The quantitative estimate of drug-likeness (QED) is 0.777. The molecule has 1 aromatic rings. The van der Waals surface area contributed by atoms with Crippen molar-refractivity contribution in [3.05, 3.63) is 0 Å². The molecule has 1 aromatic heterocycles. The molecule has 0 aromatic carbocycles. The number of rotatable bonds is 5. The van der Waals surface area contributed by atoms with Crippen LogP contribution in [0.15, 0.2) is 5.16 Å². The Hall–Kier alpha value is -1.11. The van der Waals surface area contributed by atoms with Gasteiger partial charge in [0.2, 0.25) is 11.1 Å². The van der Waals surface area contributed by atoms with Crippen LogP contribution in [-0.4, -0.2) is 48.9 Å². The summed E-state index contributed by atoms with van der Waals surface area (Å²) >= 11 is 1.44. The first-order valence-electron chi connectivity index (χ1n) is 7.33. The van der Waals surface area contributed by atoms with Crippen molar-refractivity contribution in [3.8, 4) is 0 Å². The summed E-state index contributed by atoms with van der Waals surface area (Å²) in [5.41, 5.74) is 0. The molecule has 1 amide bonds. The highest BCUT2D eigenvalue weighted by Gasteiger charge is 2.28. The number of likely N-dealkylation sites (tertiary alicyclic amines) is 1. The molecule has 0 unspecified atom stereocenters. The second kappa shape index (κ2) is 7.06. The van der Waals surface area contributed by atoms with Gasteiger partial charge in [-0.05, 0) is 50.0 Å². The maximum atomic E-state index is 12.4. The van der Waals surface area contributed by atoms with E-state index in [1.54, 1.807) is 4.68 Å². The zero-order valence-corrected chi connectivity index (χ0v) is 13.3. The molecule has 7 heteroatoms. The molecule has 6 nitrogen and oxygen atoms in total. The van der Waals surface area contributed by atoms with Crippen LogP contribution in [0, 0.1) is 0 Å². The van der Waals surface area contributed by atoms with Gasteiger partial charge < -0.3 is 4.90 Å². The molecule has 0 aliphatic carbocycles. The molecule has 0 spiro atoms.